The lowest BCUT2D eigenvalue weighted by molar-refractivity contribution is -0.129. The fourth-order valence-electron chi connectivity index (χ4n) is 2.58. The van der Waals surface area contributed by atoms with Gasteiger partial charge in [-0.05, 0) is 18.6 Å². The molecule has 0 aromatic heterocycles. The second kappa shape index (κ2) is 6.87. The maximum absolute atomic E-state index is 13.9. The van der Waals surface area contributed by atoms with E-state index in [4.69, 9.17) is 0 Å². The van der Waals surface area contributed by atoms with Gasteiger partial charge in [0.25, 0.3) is 0 Å². The highest BCUT2D eigenvalue weighted by Crippen LogP contribution is 2.23. The molecule has 25 heavy (non-hydrogen) atoms. The van der Waals surface area contributed by atoms with Crippen LogP contribution in [0.25, 0.3) is 0 Å². The molecule has 0 saturated carbocycles. The van der Waals surface area contributed by atoms with E-state index in [-0.39, 0.29) is 17.9 Å². The molecule has 11 heteroatoms. The summed E-state index contributed by atoms with van der Waals surface area (Å²) in [4.78, 5) is 13.5. The van der Waals surface area contributed by atoms with Crippen LogP contribution in [-0.4, -0.2) is 65.0 Å². The van der Waals surface area contributed by atoms with E-state index in [1.54, 1.807) is 0 Å². The third-order valence-corrected chi connectivity index (χ3v) is 6.88. The van der Waals surface area contributed by atoms with Crippen molar-refractivity contribution >= 4 is 31.5 Å². The molecule has 0 aliphatic carbocycles. The number of likely N-dealkylation sites (N-methyl/N-ethyl adjacent to an activating group) is 1. The lowest BCUT2D eigenvalue weighted by atomic mass is 10.2. The Labute approximate surface area is 145 Å². The predicted octanol–water partition coefficient (Wildman–Crippen LogP) is 0.376. The van der Waals surface area contributed by atoms with E-state index < -0.39 is 55.7 Å². The molecule has 140 valence electrons. The summed E-state index contributed by atoms with van der Waals surface area (Å²) in [6, 6.07) is 1.77. The number of hydrogen-bond acceptors (Lipinski definition) is 5. The largest absolute Gasteiger partial charge is 0.340 e. The number of nitrogens with zero attached hydrogens (tertiary/aromatic N) is 2. The Morgan fingerprint density at radius 3 is 2.44 bits per heavy atom. The molecule has 1 aliphatic rings. The van der Waals surface area contributed by atoms with Crippen molar-refractivity contribution in [1.82, 2.24) is 4.90 Å². The minimum atomic E-state index is -4.02. The molecule has 0 radical (unpaired) electrons. The zero-order valence-electron chi connectivity index (χ0n) is 13.6. The van der Waals surface area contributed by atoms with Crippen LogP contribution in [0.3, 0.4) is 0 Å². The van der Waals surface area contributed by atoms with Gasteiger partial charge < -0.3 is 4.90 Å². The van der Waals surface area contributed by atoms with Crippen molar-refractivity contribution in [2.45, 2.75) is 12.5 Å². The van der Waals surface area contributed by atoms with Gasteiger partial charge in [0.2, 0.25) is 15.9 Å². The Hall–Kier alpha value is -1.75. The third-order valence-electron chi connectivity index (χ3n) is 4.01. The predicted molar refractivity (Wildman–Crippen MR) is 88.4 cm³/mol. The number of sulfonamides is 1. The van der Waals surface area contributed by atoms with Crippen LogP contribution < -0.4 is 4.31 Å². The fourth-order valence-corrected chi connectivity index (χ4v) is 5.21. The normalized spacial score (nSPS) is 19.6. The number of hydrogen-bond donors (Lipinski definition) is 0. The number of amides is 1. The average Bonchev–Trinajstić information content (AvgIpc) is 2.83. The van der Waals surface area contributed by atoms with Crippen LogP contribution in [0.1, 0.15) is 6.42 Å². The Balaban J connectivity index is 2.24. The van der Waals surface area contributed by atoms with Gasteiger partial charge in [-0.15, -0.1) is 0 Å². The van der Waals surface area contributed by atoms with Gasteiger partial charge in [0.05, 0.1) is 23.4 Å². The Morgan fingerprint density at radius 2 is 1.96 bits per heavy atom. The van der Waals surface area contributed by atoms with Gasteiger partial charge in [-0.2, -0.15) is 0 Å². The second-order valence-electron chi connectivity index (χ2n) is 5.93. The molecule has 2 rings (SSSR count). The van der Waals surface area contributed by atoms with Crippen LogP contribution in [0.4, 0.5) is 14.5 Å². The molecule has 1 heterocycles. The molecular weight excluding hydrogens is 378 g/mol. The minimum Gasteiger partial charge on any atom is -0.340 e. The highest BCUT2D eigenvalue weighted by atomic mass is 32.2. The molecule has 1 aromatic carbocycles. The van der Waals surface area contributed by atoms with Crippen molar-refractivity contribution in [2.75, 3.05) is 35.7 Å². The summed E-state index contributed by atoms with van der Waals surface area (Å²) in [6.45, 7) is -0.714. The van der Waals surface area contributed by atoms with Crippen molar-refractivity contribution in [3.8, 4) is 0 Å². The van der Waals surface area contributed by atoms with E-state index in [0.29, 0.717) is 10.4 Å². The number of anilines is 1. The molecule has 1 atom stereocenters. The quantitative estimate of drug-likeness (QED) is 0.717. The number of carbonyl (C=O) groups excluding carboxylic acids is 1. The van der Waals surface area contributed by atoms with Crippen LogP contribution in [0.15, 0.2) is 18.2 Å². The first-order valence-corrected chi connectivity index (χ1v) is 11.0. The molecule has 1 amide bonds. The van der Waals surface area contributed by atoms with Crippen LogP contribution >= 0.6 is 0 Å². The highest BCUT2D eigenvalue weighted by molar-refractivity contribution is 7.92. The van der Waals surface area contributed by atoms with Gasteiger partial charge in [-0.3, -0.25) is 9.10 Å². The summed E-state index contributed by atoms with van der Waals surface area (Å²) in [5, 5.41) is 0. The maximum atomic E-state index is 13.9. The zero-order valence-corrected chi connectivity index (χ0v) is 15.3. The summed E-state index contributed by atoms with van der Waals surface area (Å²) in [7, 11) is -5.87. The van der Waals surface area contributed by atoms with E-state index in [1.807, 2.05) is 0 Å². The molecule has 7 nitrogen and oxygen atoms in total. The lowest BCUT2D eigenvalue weighted by Gasteiger charge is -2.28. The molecule has 1 unspecified atom stereocenters. The van der Waals surface area contributed by atoms with E-state index in [2.05, 4.69) is 0 Å². The van der Waals surface area contributed by atoms with Crippen molar-refractivity contribution in [2.24, 2.45) is 0 Å². The maximum Gasteiger partial charge on any atom is 0.243 e. The molecule has 1 aliphatic heterocycles. The first kappa shape index (κ1) is 19.6. The van der Waals surface area contributed by atoms with E-state index in [1.165, 1.54) is 7.05 Å². The van der Waals surface area contributed by atoms with Gasteiger partial charge in [-0.1, -0.05) is 0 Å². The van der Waals surface area contributed by atoms with Crippen molar-refractivity contribution < 1.29 is 30.4 Å². The summed E-state index contributed by atoms with van der Waals surface area (Å²) in [6.07, 6.45) is 1.05. The first-order valence-electron chi connectivity index (χ1n) is 7.29. The molecule has 0 N–H and O–H groups in total. The Kier molecular flexibility index (Phi) is 5.38. The summed E-state index contributed by atoms with van der Waals surface area (Å²) in [5.41, 5.74) is -0.454. The summed E-state index contributed by atoms with van der Waals surface area (Å²) < 4.78 is 74.4. The number of rotatable bonds is 5. The first-order chi connectivity index (χ1) is 11.4. The van der Waals surface area contributed by atoms with Crippen LogP contribution in [0.2, 0.25) is 0 Å². The standard InChI is InChI=1S/C14H18F2N2O5S2/c1-17(11-5-6-25(22,23)9-11)14(19)8-18(24(2,20)21)13-4-3-10(15)7-12(13)16/h3-4,7,11H,5-6,8-9H2,1-2H3. The van der Waals surface area contributed by atoms with E-state index in [9.17, 15) is 30.4 Å². The number of benzene rings is 1. The van der Waals surface area contributed by atoms with Crippen molar-refractivity contribution in [1.29, 1.82) is 0 Å². The second-order valence-corrected chi connectivity index (χ2v) is 10.1. The average molecular weight is 396 g/mol. The monoisotopic (exact) mass is 396 g/mol. The summed E-state index contributed by atoms with van der Waals surface area (Å²) in [5.74, 6) is -2.92. The van der Waals surface area contributed by atoms with E-state index >= 15 is 0 Å². The third kappa shape index (κ3) is 4.66. The molecule has 1 fully saturated rings. The van der Waals surface area contributed by atoms with Crippen LogP contribution in [0.5, 0.6) is 0 Å². The van der Waals surface area contributed by atoms with Gasteiger partial charge in [0, 0.05) is 19.2 Å². The number of carbonyl (C=O) groups is 1. The molecular formula is C14H18F2N2O5S2. The van der Waals surface area contributed by atoms with Gasteiger partial charge in [0.15, 0.2) is 9.84 Å². The number of sulfone groups is 1. The minimum absolute atomic E-state index is 0.0440. The van der Waals surface area contributed by atoms with Crippen LogP contribution in [-0.2, 0) is 24.7 Å². The molecule has 0 bridgehead atoms. The van der Waals surface area contributed by atoms with Crippen molar-refractivity contribution in [3.63, 3.8) is 0 Å². The van der Waals surface area contributed by atoms with Crippen molar-refractivity contribution in [3.05, 3.63) is 29.8 Å². The smallest absolute Gasteiger partial charge is 0.243 e. The fraction of sp³-hybridized carbons (Fsp3) is 0.500. The molecule has 1 saturated heterocycles. The van der Waals surface area contributed by atoms with E-state index in [0.717, 1.165) is 23.3 Å². The Bertz CT molecular complexity index is 886. The number of halogens is 2. The van der Waals surface area contributed by atoms with Gasteiger partial charge in [-0.25, -0.2) is 25.6 Å². The van der Waals surface area contributed by atoms with Gasteiger partial charge >= 0.3 is 0 Å². The SMILES string of the molecule is CN(C(=O)CN(c1ccc(F)cc1F)S(C)(=O)=O)C1CCS(=O)(=O)C1. The Morgan fingerprint density at radius 1 is 1.32 bits per heavy atom. The van der Waals surface area contributed by atoms with Crippen LogP contribution in [0, 0.1) is 11.6 Å². The zero-order chi connectivity index (χ0) is 19.0. The molecule has 1 aromatic rings. The lowest BCUT2D eigenvalue weighted by Crippen LogP contribution is -2.45. The van der Waals surface area contributed by atoms with Gasteiger partial charge in [0.1, 0.15) is 18.2 Å². The highest BCUT2D eigenvalue weighted by Gasteiger charge is 2.34. The summed E-state index contributed by atoms with van der Waals surface area (Å²) >= 11 is 0. The topological polar surface area (TPSA) is 91.8 Å². The molecule has 0 spiro atoms.